The SMILES string of the molecule is CN=C(NCC(C)C)NC(C)c1ccc(C)c(F)c1.I. The van der Waals surface area contributed by atoms with Crippen molar-refractivity contribution in [3.05, 3.63) is 35.1 Å². The predicted molar refractivity (Wildman–Crippen MR) is 94.3 cm³/mol. The summed E-state index contributed by atoms with van der Waals surface area (Å²) in [7, 11) is 1.73. The molecule has 1 rings (SSSR count). The highest BCUT2D eigenvalue weighted by Crippen LogP contribution is 2.16. The van der Waals surface area contributed by atoms with Crippen molar-refractivity contribution >= 4 is 29.9 Å². The van der Waals surface area contributed by atoms with Crippen molar-refractivity contribution in [3.63, 3.8) is 0 Å². The molecule has 2 N–H and O–H groups in total. The lowest BCUT2D eigenvalue weighted by Gasteiger charge is -2.19. The smallest absolute Gasteiger partial charge is 0.191 e. The summed E-state index contributed by atoms with van der Waals surface area (Å²) < 4.78 is 13.5. The molecule has 0 fully saturated rings. The molecule has 3 nitrogen and oxygen atoms in total. The highest BCUT2D eigenvalue weighted by molar-refractivity contribution is 14.0. The summed E-state index contributed by atoms with van der Waals surface area (Å²) in [4.78, 5) is 4.17. The molecule has 0 spiro atoms. The van der Waals surface area contributed by atoms with Crippen LogP contribution in [0.3, 0.4) is 0 Å². The Hall–Kier alpha value is -0.850. The van der Waals surface area contributed by atoms with Crippen molar-refractivity contribution in [3.8, 4) is 0 Å². The third-order valence-corrected chi connectivity index (χ3v) is 2.95. The van der Waals surface area contributed by atoms with Gasteiger partial charge in [0.2, 0.25) is 0 Å². The zero-order chi connectivity index (χ0) is 14.4. The number of benzene rings is 1. The molecule has 5 heteroatoms. The maximum absolute atomic E-state index is 13.5. The standard InChI is InChI=1S/C15H24FN3.HI/c1-10(2)9-18-15(17-5)19-12(4)13-7-6-11(3)14(16)8-13;/h6-8,10,12H,9H2,1-5H3,(H2,17,18,19);1H. The molecule has 114 valence electrons. The first-order valence-corrected chi connectivity index (χ1v) is 6.67. The minimum Gasteiger partial charge on any atom is -0.356 e. The van der Waals surface area contributed by atoms with Crippen LogP contribution in [0.5, 0.6) is 0 Å². The monoisotopic (exact) mass is 393 g/mol. The van der Waals surface area contributed by atoms with Gasteiger partial charge in [-0.1, -0.05) is 26.0 Å². The largest absolute Gasteiger partial charge is 0.356 e. The molecule has 1 aromatic carbocycles. The third-order valence-electron chi connectivity index (χ3n) is 2.95. The second-order valence-corrected chi connectivity index (χ2v) is 5.22. The zero-order valence-corrected chi connectivity index (χ0v) is 15.2. The number of nitrogens with zero attached hydrogens (tertiary/aromatic N) is 1. The number of nitrogens with one attached hydrogen (secondary N) is 2. The summed E-state index contributed by atoms with van der Waals surface area (Å²) >= 11 is 0. The molecule has 0 heterocycles. The van der Waals surface area contributed by atoms with Gasteiger partial charge in [-0.2, -0.15) is 0 Å². The molecule has 0 bridgehead atoms. The Morgan fingerprint density at radius 1 is 1.30 bits per heavy atom. The van der Waals surface area contributed by atoms with E-state index < -0.39 is 0 Å². The van der Waals surface area contributed by atoms with E-state index in [1.165, 1.54) is 0 Å². The highest BCUT2D eigenvalue weighted by atomic mass is 127. The Morgan fingerprint density at radius 3 is 2.45 bits per heavy atom. The Labute approximate surface area is 138 Å². The molecular formula is C15H25FIN3. The van der Waals surface area contributed by atoms with E-state index in [4.69, 9.17) is 0 Å². The highest BCUT2D eigenvalue weighted by Gasteiger charge is 2.09. The Balaban J connectivity index is 0.00000361. The van der Waals surface area contributed by atoms with E-state index in [0.29, 0.717) is 11.5 Å². The number of guanidine groups is 1. The lowest BCUT2D eigenvalue weighted by molar-refractivity contribution is 0.594. The van der Waals surface area contributed by atoms with Crippen LogP contribution in [0.4, 0.5) is 4.39 Å². The number of hydrogen-bond donors (Lipinski definition) is 2. The predicted octanol–water partition coefficient (Wildman–Crippen LogP) is 3.63. The molecule has 0 saturated heterocycles. The summed E-state index contributed by atoms with van der Waals surface area (Å²) in [6.07, 6.45) is 0. The van der Waals surface area contributed by atoms with Crippen LogP contribution in [0.1, 0.15) is 37.9 Å². The lowest BCUT2D eigenvalue weighted by Crippen LogP contribution is -2.40. The molecule has 0 aliphatic rings. The Morgan fingerprint density at radius 2 is 1.95 bits per heavy atom. The minimum absolute atomic E-state index is 0. The van der Waals surface area contributed by atoms with E-state index in [1.807, 2.05) is 13.0 Å². The average molecular weight is 393 g/mol. The Kier molecular flexibility index (Phi) is 8.76. The van der Waals surface area contributed by atoms with Gasteiger partial charge in [0.1, 0.15) is 5.82 Å². The molecule has 0 saturated carbocycles. The first-order chi connectivity index (χ1) is 8.93. The molecule has 0 amide bonds. The maximum Gasteiger partial charge on any atom is 0.191 e. The van der Waals surface area contributed by atoms with Gasteiger partial charge in [-0.25, -0.2) is 4.39 Å². The molecule has 1 atom stereocenters. The summed E-state index contributed by atoms with van der Waals surface area (Å²) in [6, 6.07) is 5.32. The van der Waals surface area contributed by atoms with Crippen LogP contribution in [0.2, 0.25) is 0 Å². The molecule has 0 aliphatic heterocycles. The van der Waals surface area contributed by atoms with Gasteiger partial charge in [0.25, 0.3) is 0 Å². The first kappa shape index (κ1) is 19.1. The van der Waals surface area contributed by atoms with E-state index in [1.54, 1.807) is 26.1 Å². The van der Waals surface area contributed by atoms with Crippen LogP contribution in [0.25, 0.3) is 0 Å². The van der Waals surface area contributed by atoms with E-state index in [-0.39, 0.29) is 35.8 Å². The first-order valence-electron chi connectivity index (χ1n) is 6.67. The number of hydrogen-bond acceptors (Lipinski definition) is 1. The molecule has 20 heavy (non-hydrogen) atoms. The summed E-state index contributed by atoms with van der Waals surface area (Å²) in [5, 5.41) is 6.50. The number of aliphatic imine (C=N–C) groups is 1. The number of rotatable bonds is 4. The van der Waals surface area contributed by atoms with Crippen molar-refractivity contribution in [2.45, 2.75) is 33.7 Å². The number of aryl methyl sites for hydroxylation is 1. The number of halogens is 2. The van der Waals surface area contributed by atoms with Crippen LogP contribution in [0.15, 0.2) is 23.2 Å². The minimum atomic E-state index is -0.170. The molecule has 0 aromatic heterocycles. The van der Waals surface area contributed by atoms with Gasteiger partial charge in [0.15, 0.2) is 5.96 Å². The lowest BCUT2D eigenvalue weighted by atomic mass is 10.1. The Bertz CT molecular complexity index is 447. The maximum atomic E-state index is 13.5. The van der Waals surface area contributed by atoms with Gasteiger partial charge in [-0.3, -0.25) is 4.99 Å². The molecule has 1 aromatic rings. The van der Waals surface area contributed by atoms with Crippen LogP contribution in [0, 0.1) is 18.7 Å². The van der Waals surface area contributed by atoms with Crippen molar-refractivity contribution in [1.29, 1.82) is 0 Å². The van der Waals surface area contributed by atoms with E-state index in [0.717, 1.165) is 18.1 Å². The van der Waals surface area contributed by atoms with Gasteiger partial charge in [-0.15, -0.1) is 24.0 Å². The molecule has 0 radical (unpaired) electrons. The fourth-order valence-electron chi connectivity index (χ4n) is 1.66. The average Bonchev–Trinajstić information content (AvgIpc) is 2.37. The topological polar surface area (TPSA) is 36.4 Å². The molecule has 0 aliphatic carbocycles. The second-order valence-electron chi connectivity index (χ2n) is 5.22. The van der Waals surface area contributed by atoms with Crippen LogP contribution >= 0.6 is 24.0 Å². The van der Waals surface area contributed by atoms with Crippen molar-refractivity contribution < 1.29 is 4.39 Å². The summed E-state index contributed by atoms with van der Waals surface area (Å²) in [6.45, 7) is 8.89. The van der Waals surface area contributed by atoms with Gasteiger partial charge in [0, 0.05) is 13.6 Å². The van der Waals surface area contributed by atoms with Gasteiger partial charge in [0.05, 0.1) is 6.04 Å². The normalized spacial score (nSPS) is 12.8. The van der Waals surface area contributed by atoms with Gasteiger partial charge < -0.3 is 10.6 Å². The van der Waals surface area contributed by atoms with Gasteiger partial charge >= 0.3 is 0 Å². The van der Waals surface area contributed by atoms with Crippen LogP contribution < -0.4 is 10.6 Å². The van der Waals surface area contributed by atoms with Crippen molar-refractivity contribution in [2.24, 2.45) is 10.9 Å². The summed E-state index contributed by atoms with van der Waals surface area (Å²) in [5.74, 6) is 1.11. The van der Waals surface area contributed by atoms with E-state index in [9.17, 15) is 4.39 Å². The van der Waals surface area contributed by atoms with Crippen LogP contribution in [-0.4, -0.2) is 19.6 Å². The van der Waals surface area contributed by atoms with Crippen LogP contribution in [-0.2, 0) is 0 Å². The second kappa shape index (κ2) is 9.15. The molecular weight excluding hydrogens is 368 g/mol. The summed E-state index contributed by atoms with van der Waals surface area (Å²) in [5.41, 5.74) is 1.58. The van der Waals surface area contributed by atoms with E-state index in [2.05, 4.69) is 29.5 Å². The quantitative estimate of drug-likeness (QED) is 0.466. The fourth-order valence-corrected chi connectivity index (χ4v) is 1.66. The van der Waals surface area contributed by atoms with Gasteiger partial charge in [-0.05, 0) is 37.0 Å². The fraction of sp³-hybridized carbons (Fsp3) is 0.533. The van der Waals surface area contributed by atoms with Crippen molar-refractivity contribution in [1.82, 2.24) is 10.6 Å². The zero-order valence-electron chi connectivity index (χ0n) is 12.8. The molecule has 1 unspecified atom stereocenters. The third kappa shape index (κ3) is 6.07. The van der Waals surface area contributed by atoms with Crippen molar-refractivity contribution in [2.75, 3.05) is 13.6 Å². The van der Waals surface area contributed by atoms with E-state index >= 15 is 0 Å².